The van der Waals surface area contributed by atoms with Crippen LogP contribution in [-0.4, -0.2) is 35.0 Å². The van der Waals surface area contributed by atoms with Gasteiger partial charge in [-0.05, 0) is 36.8 Å². The molecule has 1 aliphatic heterocycles. The van der Waals surface area contributed by atoms with Crippen molar-refractivity contribution >= 4 is 23.2 Å². The predicted molar refractivity (Wildman–Crippen MR) is 101 cm³/mol. The molecule has 156 valence electrons. The highest BCUT2D eigenvalue weighted by molar-refractivity contribution is 6.01. The zero-order chi connectivity index (χ0) is 21.7. The Bertz CT molecular complexity index is 915. The second-order valence-corrected chi connectivity index (χ2v) is 6.28. The third-order valence-electron chi connectivity index (χ3n) is 4.36. The van der Waals surface area contributed by atoms with Crippen LogP contribution in [0.15, 0.2) is 30.3 Å². The van der Waals surface area contributed by atoms with Crippen LogP contribution >= 0.6 is 0 Å². The maximum atomic E-state index is 14.3. The minimum Gasteiger partial charge on any atom is -0.350 e. The van der Waals surface area contributed by atoms with Gasteiger partial charge in [-0.3, -0.25) is 14.8 Å². The molecule has 0 atom stereocenters. The summed E-state index contributed by atoms with van der Waals surface area (Å²) < 4.78 is 42.1. The van der Waals surface area contributed by atoms with Crippen LogP contribution in [0.2, 0.25) is 0 Å². The van der Waals surface area contributed by atoms with Crippen molar-refractivity contribution in [2.75, 3.05) is 18.4 Å². The van der Waals surface area contributed by atoms with Crippen LogP contribution in [0.4, 0.5) is 24.5 Å². The van der Waals surface area contributed by atoms with Gasteiger partial charge in [-0.2, -0.15) is 0 Å². The Labute approximate surface area is 166 Å². The average Bonchev–Trinajstić information content (AvgIpc) is 2.67. The van der Waals surface area contributed by atoms with Crippen LogP contribution < -0.4 is 10.8 Å². The van der Waals surface area contributed by atoms with Gasteiger partial charge in [0.25, 0.3) is 5.91 Å². The molecule has 1 heterocycles. The van der Waals surface area contributed by atoms with Crippen LogP contribution in [0.1, 0.15) is 29.8 Å². The number of rotatable bonds is 4. The summed E-state index contributed by atoms with van der Waals surface area (Å²) in [6, 6.07) is 6.05. The quantitative estimate of drug-likeness (QED) is 0.531. The minimum absolute atomic E-state index is 0.0164. The van der Waals surface area contributed by atoms with Gasteiger partial charge in [-0.25, -0.2) is 18.7 Å². The third-order valence-corrected chi connectivity index (χ3v) is 4.36. The molecule has 1 aliphatic rings. The van der Waals surface area contributed by atoms with E-state index in [9.17, 15) is 22.8 Å². The van der Waals surface area contributed by atoms with E-state index in [2.05, 4.69) is 5.32 Å². The van der Waals surface area contributed by atoms with E-state index >= 15 is 0 Å². The molecule has 0 spiro atoms. The molecule has 0 bridgehead atoms. The van der Waals surface area contributed by atoms with Crippen molar-refractivity contribution in [2.45, 2.75) is 20.8 Å². The number of amides is 2. The molecule has 6 nitrogen and oxygen atoms in total. The number of nitrogens with zero attached hydrogens (tertiary/aromatic N) is 1. The average molecular weight is 409 g/mol. The number of benzene rings is 2. The van der Waals surface area contributed by atoms with Gasteiger partial charge in [0, 0.05) is 13.1 Å². The molecule has 2 amide bonds. The van der Waals surface area contributed by atoms with E-state index in [4.69, 9.17) is 5.21 Å². The highest BCUT2D eigenvalue weighted by Crippen LogP contribution is 2.30. The number of halogens is 3. The Morgan fingerprint density at radius 1 is 1.07 bits per heavy atom. The number of hydrogen-bond acceptors (Lipinski definition) is 4. The molecule has 2 aromatic rings. The maximum absolute atomic E-state index is 14.3. The standard InChI is InChI=1S/C18H16F3N3O3.C2H6/c1-9-2-5-14(13(20)6-9)22-16-11(3-4-12(19)15(16)21)18(26)24-7-10(8-24)17(25)23-27;1-2/h2-6,10,22,27H,7-8H2,1H3,(H,23,25);1-2H3. The Morgan fingerprint density at radius 3 is 2.31 bits per heavy atom. The monoisotopic (exact) mass is 409 g/mol. The fourth-order valence-corrected chi connectivity index (χ4v) is 2.78. The molecule has 1 fully saturated rings. The summed E-state index contributed by atoms with van der Waals surface area (Å²) in [5.41, 5.74) is 1.34. The number of anilines is 2. The molecule has 0 aliphatic carbocycles. The minimum atomic E-state index is -1.31. The summed E-state index contributed by atoms with van der Waals surface area (Å²) in [4.78, 5) is 25.2. The maximum Gasteiger partial charge on any atom is 0.256 e. The summed E-state index contributed by atoms with van der Waals surface area (Å²) in [5, 5.41) is 11.0. The van der Waals surface area contributed by atoms with E-state index in [1.165, 1.54) is 22.5 Å². The van der Waals surface area contributed by atoms with E-state index in [1.54, 1.807) is 13.0 Å². The second kappa shape index (κ2) is 9.42. The molecule has 1 saturated heterocycles. The topological polar surface area (TPSA) is 81.7 Å². The molecule has 9 heteroatoms. The summed E-state index contributed by atoms with van der Waals surface area (Å²) in [6.45, 7) is 5.71. The van der Waals surface area contributed by atoms with Gasteiger partial charge in [-0.15, -0.1) is 0 Å². The van der Waals surface area contributed by atoms with Crippen LogP contribution in [0, 0.1) is 30.3 Å². The summed E-state index contributed by atoms with van der Waals surface area (Å²) in [6.07, 6.45) is 0. The number of likely N-dealkylation sites (tertiary alicyclic amines) is 1. The number of aryl methyl sites for hydroxylation is 1. The Balaban J connectivity index is 0.00000145. The lowest BCUT2D eigenvalue weighted by atomic mass is 9.97. The molecule has 0 radical (unpaired) electrons. The highest BCUT2D eigenvalue weighted by atomic mass is 19.2. The lowest BCUT2D eigenvalue weighted by Crippen LogP contribution is -2.55. The zero-order valence-corrected chi connectivity index (χ0v) is 16.2. The Morgan fingerprint density at radius 2 is 1.72 bits per heavy atom. The first-order valence-electron chi connectivity index (χ1n) is 9.06. The van der Waals surface area contributed by atoms with E-state index in [-0.39, 0.29) is 24.3 Å². The molecule has 3 N–H and O–H groups in total. The number of hydrogen-bond donors (Lipinski definition) is 3. The molecule has 29 heavy (non-hydrogen) atoms. The smallest absolute Gasteiger partial charge is 0.256 e. The summed E-state index contributed by atoms with van der Waals surface area (Å²) in [7, 11) is 0. The fourth-order valence-electron chi connectivity index (χ4n) is 2.78. The van der Waals surface area contributed by atoms with Gasteiger partial charge >= 0.3 is 0 Å². The first-order chi connectivity index (χ1) is 13.8. The number of carbonyl (C=O) groups excluding carboxylic acids is 2. The van der Waals surface area contributed by atoms with Gasteiger partial charge in [0.2, 0.25) is 5.91 Å². The van der Waals surface area contributed by atoms with Gasteiger partial charge in [0.05, 0.1) is 22.9 Å². The highest BCUT2D eigenvalue weighted by Gasteiger charge is 2.37. The van der Waals surface area contributed by atoms with E-state index in [0.717, 1.165) is 12.1 Å². The number of carbonyl (C=O) groups is 2. The van der Waals surface area contributed by atoms with Crippen molar-refractivity contribution in [3.8, 4) is 0 Å². The molecule has 2 aromatic carbocycles. The normalized spacial score (nSPS) is 13.1. The van der Waals surface area contributed by atoms with Crippen LogP contribution in [0.5, 0.6) is 0 Å². The zero-order valence-electron chi connectivity index (χ0n) is 16.2. The van der Waals surface area contributed by atoms with E-state index in [0.29, 0.717) is 5.56 Å². The van der Waals surface area contributed by atoms with Gasteiger partial charge in [-0.1, -0.05) is 19.9 Å². The van der Waals surface area contributed by atoms with Gasteiger partial charge in [0.15, 0.2) is 11.6 Å². The lowest BCUT2D eigenvalue weighted by molar-refractivity contribution is -0.137. The number of nitrogens with one attached hydrogen (secondary N) is 2. The Hall–Kier alpha value is -3.07. The summed E-state index contributed by atoms with van der Waals surface area (Å²) in [5.74, 6) is -5.06. The van der Waals surface area contributed by atoms with Crippen molar-refractivity contribution in [3.05, 3.63) is 58.9 Å². The molecule has 0 unspecified atom stereocenters. The predicted octanol–water partition coefficient (Wildman–Crippen LogP) is 3.76. The third kappa shape index (κ3) is 4.68. The first kappa shape index (κ1) is 22.2. The van der Waals surface area contributed by atoms with Crippen LogP contribution in [0.3, 0.4) is 0 Å². The van der Waals surface area contributed by atoms with Gasteiger partial charge in [0.1, 0.15) is 5.82 Å². The Kier molecular flexibility index (Phi) is 7.22. The van der Waals surface area contributed by atoms with Crippen molar-refractivity contribution in [1.29, 1.82) is 0 Å². The van der Waals surface area contributed by atoms with Crippen molar-refractivity contribution in [3.63, 3.8) is 0 Å². The molecule has 0 aromatic heterocycles. The van der Waals surface area contributed by atoms with Crippen LogP contribution in [-0.2, 0) is 4.79 Å². The first-order valence-corrected chi connectivity index (χ1v) is 9.06. The molecule has 0 saturated carbocycles. The van der Waals surface area contributed by atoms with Gasteiger partial charge < -0.3 is 10.2 Å². The van der Waals surface area contributed by atoms with E-state index < -0.39 is 40.9 Å². The fraction of sp³-hybridized carbons (Fsp3) is 0.300. The summed E-state index contributed by atoms with van der Waals surface area (Å²) >= 11 is 0. The largest absolute Gasteiger partial charge is 0.350 e. The van der Waals surface area contributed by atoms with Crippen molar-refractivity contribution in [1.82, 2.24) is 10.4 Å². The molecule has 3 rings (SSSR count). The second-order valence-electron chi connectivity index (χ2n) is 6.28. The molecular weight excluding hydrogens is 387 g/mol. The number of hydroxylamine groups is 1. The van der Waals surface area contributed by atoms with Crippen molar-refractivity contribution in [2.24, 2.45) is 5.92 Å². The van der Waals surface area contributed by atoms with Crippen molar-refractivity contribution < 1.29 is 28.0 Å². The SMILES string of the molecule is CC.Cc1ccc(Nc2c(C(=O)N3CC(C(=O)NO)C3)ccc(F)c2F)c(F)c1. The molecular formula is C20H22F3N3O3. The van der Waals surface area contributed by atoms with E-state index in [1.807, 2.05) is 13.8 Å². The van der Waals surface area contributed by atoms with Crippen LogP contribution in [0.25, 0.3) is 0 Å². The lowest BCUT2D eigenvalue weighted by Gasteiger charge is -2.38.